The molecule has 1 heterocycles. The van der Waals surface area contributed by atoms with E-state index < -0.39 is 23.5 Å². The Balaban J connectivity index is 2.50. The molecule has 1 atom stereocenters. The maximum Gasteiger partial charge on any atom is 0.328 e. The molecule has 0 unspecified atom stereocenters. The molecule has 0 radical (unpaired) electrons. The summed E-state index contributed by atoms with van der Waals surface area (Å²) < 4.78 is 6.37. The number of nitrogens with zero attached hydrogens (tertiary/aromatic N) is 1. The lowest BCUT2D eigenvalue weighted by Crippen LogP contribution is -2.47. The third-order valence-corrected chi connectivity index (χ3v) is 5.12. The van der Waals surface area contributed by atoms with Gasteiger partial charge in [-0.05, 0) is 38.0 Å². The Bertz CT molecular complexity index is 767. The molecule has 1 aliphatic carbocycles. The van der Waals surface area contributed by atoms with Gasteiger partial charge in [-0.2, -0.15) is 0 Å². The molecule has 0 fully saturated rings. The van der Waals surface area contributed by atoms with E-state index in [4.69, 9.17) is 4.74 Å². The van der Waals surface area contributed by atoms with E-state index in [1.807, 2.05) is 6.92 Å². The van der Waals surface area contributed by atoms with Gasteiger partial charge < -0.3 is 19.7 Å². The number of methoxy groups -OCH3 is 1. The Hall–Kier alpha value is -2.31. The van der Waals surface area contributed by atoms with Gasteiger partial charge in [-0.25, -0.2) is 4.79 Å². The molecule has 1 aliphatic rings. The highest BCUT2D eigenvalue weighted by molar-refractivity contribution is 5.99. The van der Waals surface area contributed by atoms with Crippen molar-refractivity contribution in [2.45, 2.75) is 71.9 Å². The normalized spacial score (nSPS) is 14.6. The summed E-state index contributed by atoms with van der Waals surface area (Å²) in [6, 6.07) is -0.888. The van der Waals surface area contributed by atoms with Crippen LogP contribution in [0, 0.1) is 5.92 Å². The first-order valence-electron chi connectivity index (χ1n) is 9.69. The van der Waals surface area contributed by atoms with Gasteiger partial charge in [-0.1, -0.05) is 27.2 Å². The molecule has 1 amide bonds. The number of nitrogens with one attached hydrogen (secondary N) is 1. The largest absolute Gasteiger partial charge is 0.507 e. The van der Waals surface area contributed by atoms with Crippen LogP contribution < -0.4 is 10.9 Å². The Morgan fingerprint density at radius 3 is 2.52 bits per heavy atom. The summed E-state index contributed by atoms with van der Waals surface area (Å²) in [5.74, 6) is -1.78. The number of carbonyl (C=O) groups is 2. The minimum atomic E-state index is -0.888. The maximum absolute atomic E-state index is 13.0. The zero-order chi connectivity index (χ0) is 20.1. The second kappa shape index (κ2) is 9.06. The summed E-state index contributed by atoms with van der Waals surface area (Å²) in [5, 5.41) is 13.3. The summed E-state index contributed by atoms with van der Waals surface area (Å²) in [6.07, 6.45) is 4.96. The van der Waals surface area contributed by atoms with Gasteiger partial charge in [0.1, 0.15) is 17.4 Å². The molecule has 0 bridgehead atoms. The van der Waals surface area contributed by atoms with Crippen LogP contribution in [0.2, 0.25) is 0 Å². The van der Waals surface area contributed by atoms with Crippen molar-refractivity contribution in [2.24, 2.45) is 5.92 Å². The predicted octanol–water partition coefficient (Wildman–Crippen LogP) is 2.16. The second-order valence-electron chi connectivity index (χ2n) is 7.38. The standard InChI is InChI=1S/C20H30N2O5/c1-5-6-11-22-14-10-8-7-9-13(14)17(23)15(19(22)25)18(24)21-16(12(2)3)20(26)27-4/h12,16,23H,5-11H2,1-4H3,(H,21,24)/t16-/m0/s1. The quantitative estimate of drug-likeness (QED) is 0.709. The molecule has 1 aromatic rings. The number of aromatic hydroxyl groups is 1. The second-order valence-corrected chi connectivity index (χ2v) is 7.38. The van der Waals surface area contributed by atoms with E-state index in [1.165, 1.54) is 7.11 Å². The Labute approximate surface area is 159 Å². The molecular weight excluding hydrogens is 348 g/mol. The smallest absolute Gasteiger partial charge is 0.328 e. The van der Waals surface area contributed by atoms with Gasteiger partial charge >= 0.3 is 5.97 Å². The van der Waals surface area contributed by atoms with E-state index >= 15 is 0 Å². The number of hydrogen-bond acceptors (Lipinski definition) is 5. The Morgan fingerprint density at radius 1 is 1.26 bits per heavy atom. The van der Waals surface area contributed by atoms with E-state index in [-0.39, 0.29) is 17.2 Å². The summed E-state index contributed by atoms with van der Waals surface area (Å²) in [6.45, 7) is 6.10. The van der Waals surface area contributed by atoms with Crippen LogP contribution in [0.5, 0.6) is 5.75 Å². The van der Waals surface area contributed by atoms with Crippen LogP contribution in [0.15, 0.2) is 4.79 Å². The topological polar surface area (TPSA) is 97.6 Å². The van der Waals surface area contributed by atoms with Gasteiger partial charge in [0, 0.05) is 17.8 Å². The maximum atomic E-state index is 13.0. The molecule has 0 saturated heterocycles. The predicted molar refractivity (Wildman–Crippen MR) is 102 cm³/mol. The Kier molecular flexibility index (Phi) is 7.05. The third-order valence-electron chi connectivity index (χ3n) is 5.12. The van der Waals surface area contributed by atoms with Crippen LogP contribution in [-0.2, 0) is 28.9 Å². The molecule has 2 N–H and O–H groups in total. The van der Waals surface area contributed by atoms with Gasteiger partial charge in [0.2, 0.25) is 0 Å². The number of rotatable bonds is 7. The number of unbranched alkanes of at least 4 members (excludes halogenated alkanes) is 1. The first-order chi connectivity index (χ1) is 12.8. The van der Waals surface area contributed by atoms with Gasteiger partial charge in [0.05, 0.1) is 7.11 Å². The summed E-state index contributed by atoms with van der Waals surface area (Å²) in [7, 11) is 1.25. The number of aromatic nitrogens is 1. The number of esters is 1. The minimum absolute atomic E-state index is 0.219. The molecule has 0 aliphatic heterocycles. The summed E-state index contributed by atoms with van der Waals surface area (Å²) in [5.41, 5.74) is 0.746. The van der Waals surface area contributed by atoms with Crippen molar-refractivity contribution >= 4 is 11.9 Å². The van der Waals surface area contributed by atoms with Crippen molar-refractivity contribution in [1.82, 2.24) is 9.88 Å². The molecule has 7 heteroatoms. The van der Waals surface area contributed by atoms with Gasteiger partial charge in [-0.15, -0.1) is 0 Å². The number of ether oxygens (including phenoxy) is 1. The molecule has 7 nitrogen and oxygen atoms in total. The molecular formula is C20H30N2O5. The fraction of sp³-hybridized carbons (Fsp3) is 0.650. The number of hydrogen-bond donors (Lipinski definition) is 2. The van der Waals surface area contributed by atoms with Crippen molar-refractivity contribution in [2.75, 3.05) is 7.11 Å². The average Bonchev–Trinajstić information content (AvgIpc) is 2.65. The molecule has 1 aromatic heterocycles. The fourth-order valence-electron chi connectivity index (χ4n) is 3.55. The highest BCUT2D eigenvalue weighted by atomic mass is 16.5. The van der Waals surface area contributed by atoms with E-state index in [1.54, 1.807) is 18.4 Å². The molecule has 0 aromatic carbocycles. The van der Waals surface area contributed by atoms with Crippen molar-refractivity contribution in [3.63, 3.8) is 0 Å². The zero-order valence-corrected chi connectivity index (χ0v) is 16.6. The third kappa shape index (κ3) is 4.34. The van der Waals surface area contributed by atoms with Crippen LogP contribution >= 0.6 is 0 Å². The van der Waals surface area contributed by atoms with Crippen molar-refractivity contribution in [1.29, 1.82) is 0 Å². The van der Waals surface area contributed by atoms with E-state index in [9.17, 15) is 19.5 Å². The lowest BCUT2D eigenvalue weighted by Gasteiger charge is -2.25. The van der Waals surface area contributed by atoms with Crippen LogP contribution in [0.4, 0.5) is 0 Å². The van der Waals surface area contributed by atoms with E-state index in [2.05, 4.69) is 5.32 Å². The highest BCUT2D eigenvalue weighted by Crippen LogP contribution is 2.30. The van der Waals surface area contributed by atoms with Crippen molar-refractivity contribution < 1.29 is 19.4 Å². The highest BCUT2D eigenvalue weighted by Gasteiger charge is 2.31. The van der Waals surface area contributed by atoms with Crippen LogP contribution in [-0.4, -0.2) is 34.7 Å². The van der Waals surface area contributed by atoms with E-state index in [0.717, 1.165) is 37.8 Å². The molecule has 0 saturated carbocycles. The summed E-state index contributed by atoms with van der Waals surface area (Å²) >= 11 is 0. The van der Waals surface area contributed by atoms with Crippen molar-refractivity contribution in [3.8, 4) is 5.75 Å². The molecule has 0 spiro atoms. The van der Waals surface area contributed by atoms with Crippen LogP contribution in [0.25, 0.3) is 0 Å². The molecule has 27 heavy (non-hydrogen) atoms. The van der Waals surface area contributed by atoms with Crippen molar-refractivity contribution in [3.05, 3.63) is 27.2 Å². The average molecular weight is 378 g/mol. The SMILES string of the molecule is CCCCn1c2c(c(O)c(C(=O)N[C@H](C(=O)OC)C(C)C)c1=O)CCCC2. The first-order valence-corrected chi connectivity index (χ1v) is 9.69. The fourth-order valence-corrected chi connectivity index (χ4v) is 3.55. The number of fused-ring (bicyclic) bond motifs is 1. The molecule has 2 rings (SSSR count). The lowest BCUT2D eigenvalue weighted by atomic mass is 9.92. The number of carbonyl (C=O) groups excluding carboxylic acids is 2. The molecule has 150 valence electrons. The Morgan fingerprint density at radius 2 is 1.93 bits per heavy atom. The van der Waals surface area contributed by atoms with Gasteiger partial charge in [-0.3, -0.25) is 9.59 Å². The van der Waals surface area contributed by atoms with Crippen LogP contribution in [0.3, 0.4) is 0 Å². The zero-order valence-electron chi connectivity index (χ0n) is 16.6. The van der Waals surface area contributed by atoms with Gasteiger partial charge in [0.15, 0.2) is 0 Å². The van der Waals surface area contributed by atoms with Crippen LogP contribution in [0.1, 0.15) is 68.1 Å². The monoisotopic (exact) mass is 378 g/mol. The number of amides is 1. The number of pyridine rings is 1. The van der Waals surface area contributed by atoms with Gasteiger partial charge in [0.25, 0.3) is 11.5 Å². The first kappa shape index (κ1) is 21.0. The van der Waals surface area contributed by atoms with E-state index in [0.29, 0.717) is 18.5 Å². The summed E-state index contributed by atoms with van der Waals surface area (Å²) in [4.78, 5) is 37.8. The lowest BCUT2D eigenvalue weighted by molar-refractivity contribution is -0.144. The minimum Gasteiger partial charge on any atom is -0.507 e.